The van der Waals surface area contributed by atoms with Crippen molar-refractivity contribution in [2.45, 2.75) is 52.1 Å². The van der Waals surface area contributed by atoms with Crippen molar-refractivity contribution in [3.8, 4) is 17.6 Å². The Morgan fingerprint density at radius 2 is 2.03 bits per heavy atom. The lowest BCUT2D eigenvalue weighted by Crippen LogP contribution is -2.25. The lowest BCUT2D eigenvalue weighted by atomic mass is 10.0. The number of carbonyl (C=O) groups excluding carboxylic acids is 2. The average molecular weight is 447 g/mol. The number of ketones is 1. The summed E-state index contributed by atoms with van der Waals surface area (Å²) in [5.41, 5.74) is 2.98. The minimum Gasteiger partial charge on any atom is -0.507 e. The molecule has 0 saturated carbocycles. The van der Waals surface area contributed by atoms with Crippen LogP contribution in [0.25, 0.3) is 10.9 Å². The number of aromatic hydroxyl groups is 1. The average Bonchev–Trinajstić information content (AvgIpc) is 3.42. The van der Waals surface area contributed by atoms with Gasteiger partial charge in [0, 0.05) is 37.4 Å². The second-order valence-electron chi connectivity index (χ2n) is 8.22. The number of ether oxygens (including phenoxy) is 1. The fourth-order valence-corrected chi connectivity index (χ4v) is 4.01. The SMILES string of the molecule is CCCCC(=O)c1n[nH]c2cc(O)c(C(=O)N3Cc4ccc(OCCCC#N)cc4C3)cc12. The van der Waals surface area contributed by atoms with Crippen LogP contribution in [0.4, 0.5) is 0 Å². The molecule has 8 nitrogen and oxygen atoms in total. The third-order valence-corrected chi connectivity index (χ3v) is 5.82. The normalized spacial score (nSPS) is 12.5. The highest BCUT2D eigenvalue weighted by Gasteiger charge is 2.27. The maximum Gasteiger partial charge on any atom is 0.258 e. The van der Waals surface area contributed by atoms with Gasteiger partial charge in [-0.25, -0.2) is 0 Å². The van der Waals surface area contributed by atoms with Gasteiger partial charge in [-0.3, -0.25) is 14.7 Å². The molecule has 0 fully saturated rings. The van der Waals surface area contributed by atoms with E-state index >= 15 is 0 Å². The molecule has 1 aromatic heterocycles. The molecule has 2 aromatic carbocycles. The summed E-state index contributed by atoms with van der Waals surface area (Å²) in [6.45, 7) is 3.30. The quantitative estimate of drug-likeness (QED) is 0.369. The number of fused-ring (bicyclic) bond motifs is 2. The Labute approximate surface area is 191 Å². The fourth-order valence-electron chi connectivity index (χ4n) is 4.01. The third kappa shape index (κ3) is 4.67. The Morgan fingerprint density at radius 3 is 2.82 bits per heavy atom. The summed E-state index contributed by atoms with van der Waals surface area (Å²) < 4.78 is 5.70. The second-order valence-corrected chi connectivity index (χ2v) is 8.22. The summed E-state index contributed by atoms with van der Waals surface area (Å²) in [5, 5.41) is 26.6. The number of nitrogens with zero attached hydrogens (tertiary/aromatic N) is 3. The molecular formula is C25H26N4O4. The highest BCUT2D eigenvalue weighted by Crippen LogP contribution is 2.32. The van der Waals surface area contributed by atoms with Crippen LogP contribution in [0.1, 0.15) is 71.0 Å². The Kier molecular flexibility index (Phi) is 6.59. The number of hydrogen-bond acceptors (Lipinski definition) is 6. The van der Waals surface area contributed by atoms with Crippen molar-refractivity contribution in [3.05, 3.63) is 52.7 Å². The van der Waals surface area contributed by atoms with Gasteiger partial charge >= 0.3 is 0 Å². The number of phenols is 1. The molecule has 3 aromatic rings. The Balaban J connectivity index is 1.52. The van der Waals surface area contributed by atoms with Crippen molar-refractivity contribution in [1.82, 2.24) is 15.1 Å². The van der Waals surface area contributed by atoms with Crippen LogP contribution in [0.2, 0.25) is 0 Å². The van der Waals surface area contributed by atoms with Crippen molar-refractivity contribution in [1.29, 1.82) is 5.26 Å². The Hall–Kier alpha value is -3.86. The van der Waals surface area contributed by atoms with Crippen LogP contribution in [0.5, 0.6) is 11.5 Å². The van der Waals surface area contributed by atoms with Gasteiger partial charge in [0.15, 0.2) is 5.78 Å². The van der Waals surface area contributed by atoms with E-state index in [0.717, 1.165) is 24.0 Å². The largest absolute Gasteiger partial charge is 0.507 e. The number of Topliss-reactive ketones (excluding diaryl/α,β-unsaturated/α-hetero) is 1. The van der Waals surface area contributed by atoms with Gasteiger partial charge in [-0.2, -0.15) is 10.4 Å². The summed E-state index contributed by atoms with van der Waals surface area (Å²) in [6.07, 6.45) is 3.18. The molecule has 2 N–H and O–H groups in total. The summed E-state index contributed by atoms with van der Waals surface area (Å²) in [4.78, 5) is 27.5. The number of benzene rings is 2. The van der Waals surface area contributed by atoms with Gasteiger partial charge in [0.2, 0.25) is 0 Å². The monoisotopic (exact) mass is 446 g/mol. The second kappa shape index (κ2) is 9.74. The molecule has 1 aliphatic rings. The van der Waals surface area contributed by atoms with Crippen LogP contribution in [0.15, 0.2) is 30.3 Å². The van der Waals surface area contributed by atoms with Gasteiger partial charge in [-0.15, -0.1) is 0 Å². The van der Waals surface area contributed by atoms with Gasteiger partial charge in [0.25, 0.3) is 5.91 Å². The molecule has 8 heteroatoms. The third-order valence-electron chi connectivity index (χ3n) is 5.82. The van der Waals surface area contributed by atoms with Gasteiger partial charge in [-0.05, 0) is 42.2 Å². The number of unbranched alkanes of at least 4 members (excludes halogenated alkanes) is 2. The number of nitriles is 1. The zero-order valence-electron chi connectivity index (χ0n) is 18.6. The molecule has 0 saturated heterocycles. The maximum atomic E-state index is 13.3. The molecule has 4 rings (SSSR count). The lowest BCUT2D eigenvalue weighted by Gasteiger charge is -2.16. The van der Waals surface area contributed by atoms with Gasteiger partial charge < -0.3 is 14.7 Å². The lowest BCUT2D eigenvalue weighted by molar-refractivity contribution is 0.0748. The predicted octanol–water partition coefficient (Wildman–Crippen LogP) is 4.48. The molecule has 0 spiro atoms. The first kappa shape index (κ1) is 22.3. The van der Waals surface area contributed by atoms with Crippen molar-refractivity contribution in [2.75, 3.05) is 6.61 Å². The molecule has 1 amide bonds. The predicted molar refractivity (Wildman–Crippen MR) is 122 cm³/mol. The summed E-state index contributed by atoms with van der Waals surface area (Å²) in [6, 6.07) is 10.8. The number of rotatable bonds is 9. The van der Waals surface area contributed by atoms with E-state index in [1.165, 1.54) is 6.07 Å². The van der Waals surface area contributed by atoms with Crippen molar-refractivity contribution in [3.63, 3.8) is 0 Å². The number of carbonyl (C=O) groups is 2. The molecule has 170 valence electrons. The van der Waals surface area contributed by atoms with Crippen LogP contribution < -0.4 is 4.74 Å². The van der Waals surface area contributed by atoms with Crippen LogP contribution in [0, 0.1) is 11.3 Å². The molecule has 0 atom stereocenters. The highest BCUT2D eigenvalue weighted by molar-refractivity contribution is 6.09. The Bertz CT molecular complexity index is 1240. The van der Waals surface area contributed by atoms with E-state index in [9.17, 15) is 14.7 Å². The van der Waals surface area contributed by atoms with E-state index in [-0.39, 0.29) is 23.0 Å². The standard InChI is InChI=1S/C25H26N4O4/c1-2-3-6-22(30)24-19-12-20(23(31)13-21(19)27-28-24)25(32)29-14-16-7-8-18(11-17(16)15-29)33-10-5-4-9-26/h7-8,11-13,31H,2-6,10,14-15H2,1H3,(H,27,28). The van der Waals surface area contributed by atoms with E-state index in [1.807, 2.05) is 25.1 Å². The molecule has 0 aliphatic carbocycles. The Morgan fingerprint density at radius 1 is 1.21 bits per heavy atom. The first-order valence-corrected chi connectivity index (χ1v) is 11.2. The van der Waals surface area contributed by atoms with Crippen molar-refractivity contribution < 1.29 is 19.4 Å². The first-order chi connectivity index (χ1) is 16.0. The molecule has 2 heterocycles. The van der Waals surface area contributed by atoms with Gasteiger partial charge in [0.1, 0.15) is 17.2 Å². The number of aromatic amines is 1. The fraction of sp³-hybridized carbons (Fsp3) is 0.360. The van der Waals surface area contributed by atoms with Crippen molar-refractivity contribution in [2.24, 2.45) is 0 Å². The van der Waals surface area contributed by atoms with E-state index in [0.29, 0.717) is 61.3 Å². The number of H-pyrrole nitrogens is 1. The zero-order chi connectivity index (χ0) is 23.4. The number of hydrogen-bond donors (Lipinski definition) is 2. The molecule has 1 aliphatic heterocycles. The molecule has 33 heavy (non-hydrogen) atoms. The summed E-state index contributed by atoms with van der Waals surface area (Å²) in [7, 11) is 0. The maximum absolute atomic E-state index is 13.3. The van der Waals surface area contributed by atoms with E-state index in [4.69, 9.17) is 10.00 Å². The van der Waals surface area contributed by atoms with Gasteiger partial charge in [-0.1, -0.05) is 19.4 Å². The molecule has 0 unspecified atom stereocenters. The highest BCUT2D eigenvalue weighted by atomic mass is 16.5. The molecule has 0 bridgehead atoms. The summed E-state index contributed by atoms with van der Waals surface area (Å²) >= 11 is 0. The summed E-state index contributed by atoms with van der Waals surface area (Å²) in [5.74, 6) is 0.165. The topological polar surface area (TPSA) is 119 Å². The number of aromatic nitrogens is 2. The van der Waals surface area contributed by atoms with Crippen LogP contribution in [-0.4, -0.2) is 38.5 Å². The molecule has 0 radical (unpaired) electrons. The smallest absolute Gasteiger partial charge is 0.258 e. The zero-order valence-corrected chi connectivity index (χ0v) is 18.6. The number of nitrogens with one attached hydrogen (secondary N) is 1. The number of amides is 1. The molecular weight excluding hydrogens is 420 g/mol. The van der Waals surface area contributed by atoms with E-state index in [2.05, 4.69) is 16.3 Å². The minimum absolute atomic E-state index is 0.0805. The number of phenolic OH excluding ortho intramolecular Hbond substituents is 1. The van der Waals surface area contributed by atoms with E-state index in [1.54, 1.807) is 11.0 Å². The van der Waals surface area contributed by atoms with Crippen LogP contribution in [-0.2, 0) is 13.1 Å². The van der Waals surface area contributed by atoms with Gasteiger partial charge in [0.05, 0.1) is 23.8 Å². The van der Waals surface area contributed by atoms with E-state index < -0.39 is 0 Å². The minimum atomic E-state index is -0.310. The first-order valence-electron chi connectivity index (χ1n) is 11.2. The van der Waals surface area contributed by atoms with Crippen LogP contribution in [0.3, 0.4) is 0 Å². The van der Waals surface area contributed by atoms with Crippen molar-refractivity contribution >= 4 is 22.6 Å². The van der Waals surface area contributed by atoms with Crippen LogP contribution >= 0.6 is 0 Å².